The van der Waals surface area contributed by atoms with Crippen LogP contribution in [-0.4, -0.2) is 24.8 Å². The van der Waals surface area contributed by atoms with Gasteiger partial charge in [-0.2, -0.15) is 0 Å². The average molecular weight is 248 g/mol. The number of methoxy groups -OCH3 is 1. The predicted molar refractivity (Wildman–Crippen MR) is 24.1 cm³/mol. The Labute approximate surface area is 80.9 Å². The Morgan fingerprint density at radius 3 is 2.38 bits per heavy atom. The van der Waals surface area contributed by atoms with Gasteiger partial charge in [-0.25, -0.2) is 0 Å². The van der Waals surface area contributed by atoms with Crippen molar-refractivity contribution in [3.63, 3.8) is 0 Å². The molecular weight excluding hydrogens is 240 g/mol. The fraction of sp³-hybridized carbons (Fsp3) is 0.750. The number of carboxylic acid groups (broad SMARTS) is 1. The van der Waals surface area contributed by atoms with Gasteiger partial charge in [-0.3, -0.25) is 4.79 Å². The van der Waals surface area contributed by atoms with Gasteiger partial charge in [0.15, 0.2) is 0 Å². The molecule has 0 aliphatic rings. The smallest absolute Gasteiger partial charge is 0.305 e. The molecule has 0 bridgehead atoms. The van der Waals surface area contributed by atoms with Crippen LogP contribution >= 0.6 is 0 Å². The van der Waals surface area contributed by atoms with Gasteiger partial charge in [0, 0.05) is 47.9 Å². The fourth-order valence-electron chi connectivity index (χ4n) is 0.189. The van der Waals surface area contributed by atoms with Crippen LogP contribution in [0.15, 0.2) is 0 Å². The summed E-state index contributed by atoms with van der Waals surface area (Å²) < 4.78 is 4.47. The Morgan fingerprint density at radius 1 is 1.75 bits per heavy atom. The molecule has 46 valence electrons. The molecule has 0 amide bonds. The third-order valence-electron chi connectivity index (χ3n) is 0.520. The van der Waals surface area contributed by atoms with E-state index in [1.54, 1.807) is 0 Å². The molecule has 0 unspecified atom stereocenters. The quantitative estimate of drug-likeness (QED) is 0.771. The molecule has 0 saturated heterocycles. The zero-order chi connectivity index (χ0) is 5.70. The van der Waals surface area contributed by atoms with Gasteiger partial charge in [-0.05, 0) is 0 Å². The summed E-state index contributed by atoms with van der Waals surface area (Å²) in [5.41, 5.74) is 0. The first-order chi connectivity index (χ1) is 3.27. The minimum atomic E-state index is -0.818. The normalized spacial score (nSPS) is 7.62. The van der Waals surface area contributed by atoms with Crippen molar-refractivity contribution >= 4 is 5.97 Å². The zero-order valence-electron chi connectivity index (χ0n) is 4.68. The van der Waals surface area contributed by atoms with E-state index in [1.165, 1.54) is 7.11 Å². The van der Waals surface area contributed by atoms with E-state index < -0.39 is 5.97 Å². The summed E-state index contributed by atoms with van der Waals surface area (Å²) in [6.07, 6.45) is 0.0938. The summed E-state index contributed by atoms with van der Waals surface area (Å²) in [6.45, 7) is 0.301. The topological polar surface area (TPSA) is 46.5 Å². The van der Waals surface area contributed by atoms with Gasteiger partial charge < -0.3 is 9.84 Å². The summed E-state index contributed by atoms with van der Waals surface area (Å²) in [4.78, 5) is 9.68. The molecule has 8 heavy (non-hydrogen) atoms. The van der Waals surface area contributed by atoms with E-state index in [2.05, 4.69) is 4.74 Å². The molecule has 0 aromatic heterocycles. The second kappa shape index (κ2) is 7.78. The molecule has 0 spiro atoms. The summed E-state index contributed by atoms with van der Waals surface area (Å²) in [5.74, 6) is -0.818. The molecule has 1 N–H and O–H groups in total. The van der Waals surface area contributed by atoms with Crippen molar-refractivity contribution in [3.8, 4) is 0 Å². The number of carboxylic acids is 1. The number of carbonyl (C=O) groups is 1. The fourth-order valence-corrected chi connectivity index (χ4v) is 0.189. The average Bonchev–Trinajstić information content (AvgIpc) is 1.61. The van der Waals surface area contributed by atoms with Crippen molar-refractivity contribution in [2.24, 2.45) is 0 Å². The Morgan fingerprint density at radius 2 is 2.25 bits per heavy atom. The Balaban J connectivity index is 0. The van der Waals surface area contributed by atoms with E-state index in [0.29, 0.717) is 6.61 Å². The van der Waals surface area contributed by atoms with Crippen molar-refractivity contribution in [1.82, 2.24) is 0 Å². The predicted octanol–water partition coefficient (Wildman–Crippen LogP) is 0.108. The molecule has 4 heteroatoms. The molecule has 0 radical (unpaired) electrons. The van der Waals surface area contributed by atoms with Crippen LogP contribution in [0.25, 0.3) is 0 Å². The van der Waals surface area contributed by atoms with E-state index in [4.69, 9.17) is 5.11 Å². The van der Waals surface area contributed by atoms with Crippen molar-refractivity contribution in [2.45, 2.75) is 6.42 Å². The second-order valence-corrected chi connectivity index (χ2v) is 1.14. The van der Waals surface area contributed by atoms with Crippen LogP contribution in [0.1, 0.15) is 6.42 Å². The first-order valence-corrected chi connectivity index (χ1v) is 1.98. The Kier molecular flexibility index (Phi) is 11.2. The molecule has 0 fully saturated rings. The molecule has 0 aromatic rings. The summed E-state index contributed by atoms with van der Waals surface area (Å²) in [7, 11) is 1.48. The zero-order valence-corrected chi connectivity index (χ0v) is 7.89. The van der Waals surface area contributed by atoms with Gasteiger partial charge in [-0.15, -0.1) is 0 Å². The molecule has 0 aliphatic carbocycles. The molecule has 0 aromatic carbocycles. The molecule has 0 atom stereocenters. The first-order valence-electron chi connectivity index (χ1n) is 1.98. The van der Waals surface area contributed by atoms with Gasteiger partial charge in [0.1, 0.15) is 0 Å². The van der Waals surface area contributed by atoms with Crippen LogP contribution in [0.5, 0.6) is 0 Å². The van der Waals surface area contributed by atoms with Crippen LogP contribution in [0, 0.1) is 40.8 Å². The molecule has 0 saturated carbocycles. The van der Waals surface area contributed by atoms with Gasteiger partial charge in [0.05, 0.1) is 13.0 Å². The number of hydrogen-bond donors (Lipinski definition) is 1. The van der Waals surface area contributed by atoms with E-state index in [-0.39, 0.29) is 47.3 Å². The van der Waals surface area contributed by atoms with Gasteiger partial charge in [-0.1, -0.05) is 0 Å². The van der Waals surface area contributed by atoms with E-state index >= 15 is 0 Å². The van der Waals surface area contributed by atoms with Crippen LogP contribution in [-0.2, 0) is 9.53 Å². The molecule has 0 rings (SSSR count). The summed E-state index contributed by atoms with van der Waals surface area (Å²) in [6, 6.07) is 0. The summed E-state index contributed by atoms with van der Waals surface area (Å²) >= 11 is 0. The van der Waals surface area contributed by atoms with Crippen LogP contribution in [0.3, 0.4) is 0 Å². The largest absolute Gasteiger partial charge is 0.481 e. The third-order valence-corrected chi connectivity index (χ3v) is 0.520. The monoisotopic (exact) mass is 246 g/mol. The van der Waals surface area contributed by atoms with Crippen molar-refractivity contribution in [3.05, 3.63) is 0 Å². The maximum absolute atomic E-state index is 9.68. The Hall–Kier alpha value is 0.781. The molecular formula is C4H8NdO3. The van der Waals surface area contributed by atoms with Crippen molar-refractivity contribution in [1.29, 1.82) is 0 Å². The molecule has 0 heterocycles. The minimum Gasteiger partial charge on any atom is -0.481 e. The maximum atomic E-state index is 9.68. The number of rotatable bonds is 3. The summed E-state index contributed by atoms with van der Waals surface area (Å²) in [5, 5.41) is 7.96. The van der Waals surface area contributed by atoms with Crippen LogP contribution < -0.4 is 0 Å². The van der Waals surface area contributed by atoms with Gasteiger partial charge in [0.25, 0.3) is 0 Å². The second-order valence-electron chi connectivity index (χ2n) is 1.14. The Bertz CT molecular complexity index is 64.3. The van der Waals surface area contributed by atoms with Crippen molar-refractivity contribution < 1.29 is 55.5 Å². The minimum absolute atomic E-state index is 0. The number of aliphatic carboxylic acids is 1. The van der Waals surface area contributed by atoms with E-state index in [1.807, 2.05) is 0 Å². The van der Waals surface area contributed by atoms with E-state index in [0.717, 1.165) is 0 Å². The van der Waals surface area contributed by atoms with Crippen molar-refractivity contribution in [2.75, 3.05) is 13.7 Å². The van der Waals surface area contributed by atoms with E-state index in [9.17, 15) is 4.79 Å². The third kappa shape index (κ3) is 9.91. The molecule has 0 aliphatic heterocycles. The first kappa shape index (κ1) is 11.6. The van der Waals surface area contributed by atoms with Crippen LogP contribution in [0.2, 0.25) is 0 Å². The SMILES string of the molecule is COCCC(=O)O.[Nd]. The van der Waals surface area contributed by atoms with Gasteiger partial charge >= 0.3 is 5.97 Å². The van der Waals surface area contributed by atoms with Gasteiger partial charge in [0.2, 0.25) is 0 Å². The maximum Gasteiger partial charge on any atom is 0.305 e. The standard InChI is InChI=1S/C4H8O3.Nd/c1-7-3-2-4(5)6;/h2-3H2,1H3,(H,5,6);. The van der Waals surface area contributed by atoms with Crippen LogP contribution in [0.4, 0.5) is 0 Å². The number of hydrogen-bond acceptors (Lipinski definition) is 2. The molecule has 3 nitrogen and oxygen atoms in total. The number of ether oxygens (including phenoxy) is 1.